The number of carbonyl (C=O) groups excluding carboxylic acids is 1. The van der Waals surface area contributed by atoms with Crippen LogP contribution in [0.1, 0.15) is 40.3 Å². The van der Waals surface area contributed by atoms with Gasteiger partial charge in [0.15, 0.2) is 10.6 Å². The molecule has 5 rings (SSSR count). The first-order valence-electron chi connectivity index (χ1n) is 9.72. The van der Waals surface area contributed by atoms with E-state index < -0.39 is 11.9 Å². The predicted octanol–water partition coefficient (Wildman–Crippen LogP) is 5.36. The van der Waals surface area contributed by atoms with Gasteiger partial charge in [-0.1, -0.05) is 23.7 Å². The SMILES string of the molecule is CCOc1ccc([C@@H]2c3c(oc4ccc(Cl)cc4c3=O)C(=O)N2c2nc(C)cs2)cc1. The third-order valence-electron chi connectivity index (χ3n) is 5.15. The highest BCUT2D eigenvalue weighted by Gasteiger charge is 2.44. The fraction of sp³-hybridized carbons (Fsp3) is 0.174. The van der Waals surface area contributed by atoms with Crippen LogP contribution >= 0.6 is 22.9 Å². The first-order chi connectivity index (χ1) is 15.0. The summed E-state index contributed by atoms with van der Waals surface area (Å²) in [5, 5.41) is 3.14. The highest BCUT2D eigenvalue weighted by atomic mass is 35.5. The van der Waals surface area contributed by atoms with Gasteiger partial charge in [-0.3, -0.25) is 14.5 Å². The summed E-state index contributed by atoms with van der Waals surface area (Å²) in [7, 11) is 0. The standard InChI is InChI=1S/C23H17ClN2O4S/c1-3-29-15-7-4-13(5-8-15)19-18-20(27)16-10-14(24)6-9-17(16)30-21(18)22(28)26(19)23-25-12(2)11-31-23/h4-11,19H,3H2,1-2H3/t19-/m1/s1. The molecule has 0 radical (unpaired) electrons. The molecule has 0 saturated heterocycles. The van der Waals surface area contributed by atoms with Crippen LogP contribution in [0.4, 0.5) is 5.13 Å². The fourth-order valence-corrected chi connectivity index (χ4v) is 4.82. The lowest BCUT2D eigenvalue weighted by molar-refractivity contribution is 0.0971. The summed E-state index contributed by atoms with van der Waals surface area (Å²) in [6.45, 7) is 4.32. The molecule has 156 valence electrons. The molecule has 4 aromatic rings. The van der Waals surface area contributed by atoms with Crippen LogP contribution < -0.4 is 15.1 Å². The molecule has 0 unspecified atom stereocenters. The molecule has 1 aliphatic rings. The predicted molar refractivity (Wildman–Crippen MR) is 121 cm³/mol. The summed E-state index contributed by atoms with van der Waals surface area (Å²) in [6.07, 6.45) is 0. The molecule has 0 saturated carbocycles. The number of amides is 1. The van der Waals surface area contributed by atoms with Crippen LogP contribution in [-0.4, -0.2) is 17.5 Å². The summed E-state index contributed by atoms with van der Waals surface area (Å²) >= 11 is 7.47. The van der Waals surface area contributed by atoms with Gasteiger partial charge in [0, 0.05) is 10.4 Å². The number of nitrogens with zero attached hydrogens (tertiary/aromatic N) is 2. The quantitative estimate of drug-likeness (QED) is 0.416. The van der Waals surface area contributed by atoms with Gasteiger partial charge in [0.05, 0.1) is 29.3 Å². The number of ether oxygens (including phenoxy) is 1. The third kappa shape index (κ3) is 3.21. The van der Waals surface area contributed by atoms with E-state index in [9.17, 15) is 9.59 Å². The molecule has 31 heavy (non-hydrogen) atoms. The molecule has 6 nitrogen and oxygen atoms in total. The smallest absolute Gasteiger partial charge is 0.297 e. The largest absolute Gasteiger partial charge is 0.494 e. The van der Waals surface area contributed by atoms with E-state index in [0.29, 0.717) is 33.5 Å². The Labute approximate surface area is 186 Å². The number of hydrogen-bond acceptors (Lipinski definition) is 6. The molecule has 0 bridgehead atoms. The van der Waals surface area contributed by atoms with Gasteiger partial charge in [0.2, 0.25) is 5.76 Å². The Morgan fingerprint density at radius 2 is 1.97 bits per heavy atom. The number of hydrogen-bond donors (Lipinski definition) is 0. The molecule has 2 aromatic heterocycles. The molecule has 0 N–H and O–H groups in total. The Balaban J connectivity index is 1.76. The Morgan fingerprint density at radius 1 is 1.19 bits per heavy atom. The van der Waals surface area contributed by atoms with Crippen molar-refractivity contribution in [2.24, 2.45) is 0 Å². The number of halogens is 1. The van der Waals surface area contributed by atoms with Gasteiger partial charge in [-0.05, 0) is 49.7 Å². The topological polar surface area (TPSA) is 72.6 Å². The van der Waals surface area contributed by atoms with Gasteiger partial charge in [-0.15, -0.1) is 11.3 Å². The molecule has 2 aromatic carbocycles. The van der Waals surface area contributed by atoms with Gasteiger partial charge in [0.1, 0.15) is 11.3 Å². The van der Waals surface area contributed by atoms with E-state index in [1.54, 1.807) is 18.2 Å². The van der Waals surface area contributed by atoms with E-state index in [0.717, 1.165) is 11.3 Å². The van der Waals surface area contributed by atoms with Crippen molar-refractivity contribution in [1.29, 1.82) is 0 Å². The van der Waals surface area contributed by atoms with Crippen molar-refractivity contribution in [1.82, 2.24) is 4.98 Å². The average Bonchev–Trinajstić information content (AvgIpc) is 3.31. The lowest BCUT2D eigenvalue weighted by Crippen LogP contribution is -2.29. The van der Waals surface area contributed by atoms with Crippen molar-refractivity contribution in [3.05, 3.63) is 85.7 Å². The first kappa shape index (κ1) is 19.8. The maximum Gasteiger partial charge on any atom is 0.297 e. The van der Waals surface area contributed by atoms with Crippen LogP contribution in [0.2, 0.25) is 5.02 Å². The van der Waals surface area contributed by atoms with E-state index in [1.807, 2.05) is 43.5 Å². The highest BCUT2D eigenvalue weighted by molar-refractivity contribution is 7.14. The molecule has 1 amide bonds. The van der Waals surface area contributed by atoms with Crippen molar-refractivity contribution < 1.29 is 13.9 Å². The Hall–Kier alpha value is -3.16. The molecule has 8 heteroatoms. The minimum atomic E-state index is -0.664. The van der Waals surface area contributed by atoms with Gasteiger partial charge >= 0.3 is 0 Å². The summed E-state index contributed by atoms with van der Waals surface area (Å²) in [5.74, 6) is 0.355. The maximum atomic E-state index is 13.5. The van der Waals surface area contributed by atoms with Gasteiger partial charge < -0.3 is 9.15 Å². The number of benzene rings is 2. The Kier molecular flexibility index (Phi) is 4.79. The Morgan fingerprint density at radius 3 is 2.65 bits per heavy atom. The van der Waals surface area contributed by atoms with E-state index in [-0.39, 0.29) is 16.8 Å². The number of fused-ring (bicyclic) bond motifs is 2. The van der Waals surface area contributed by atoms with Gasteiger partial charge in [-0.2, -0.15) is 0 Å². The van der Waals surface area contributed by atoms with Crippen molar-refractivity contribution in [2.45, 2.75) is 19.9 Å². The first-order valence-corrected chi connectivity index (χ1v) is 11.0. The molecule has 0 fully saturated rings. The van der Waals surface area contributed by atoms with Crippen molar-refractivity contribution in [3.63, 3.8) is 0 Å². The maximum absolute atomic E-state index is 13.5. The van der Waals surface area contributed by atoms with Crippen LogP contribution in [0.3, 0.4) is 0 Å². The van der Waals surface area contributed by atoms with E-state index in [4.69, 9.17) is 20.8 Å². The lowest BCUT2D eigenvalue weighted by atomic mass is 9.98. The zero-order valence-corrected chi connectivity index (χ0v) is 18.3. The second kappa shape index (κ2) is 7.51. The van der Waals surface area contributed by atoms with Crippen molar-refractivity contribution in [3.8, 4) is 5.75 Å². The number of carbonyl (C=O) groups is 1. The van der Waals surface area contributed by atoms with Crippen LogP contribution in [0.5, 0.6) is 5.75 Å². The fourth-order valence-electron chi connectivity index (χ4n) is 3.82. The lowest BCUT2D eigenvalue weighted by Gasteiger charge is -2.22. The van der Waals surface area contributed by atoms with Crippen LogP contribution in [-0.2, 0) is 0 Å². The average molecular weight is 453 g/mol. The molecule has 1 aliphatic heterocycles. The van der Waals surface area contributed by atoms with Crippen LogP contribution in [0, 0.1) is 6.92 Å². The summed E-state index contributed by atoms with van der Waals surface area (Å²) in [4.78, 5) is 33.0. The third-order valence-corrected chi connectivity index (χ3v) is 6.34. The minimum absolute atomic E-state index is 0.0339. The monoisotopic (exact) mass is 452 g/mol. The van der Waals surface area contributed by atoms with E-state index in [2.05, 4.69) is 4.98 Å². The van der Waals surface area contributed by atoms with Crippen molar-refractivity contribution >= 4 is 44.9 Å². The number of aromatic nitrogens is 1. The summed E-state index contributed by atoms with van der Waals surface area (Å²) < 4.78 is 11.5. The van der Waals surface area contributed by atoms with Crippen molar-refractivity contribution in [2.75, 3.05) is 11.5 Å². The van der Waals surface area contributed by atoms with Crippen LogP contribution in [0.25, 0.3) is 11.0 Å². The number of anilines is 1. The van der Waals surface area contributed by atoms with Crippen LogP contribution in [0.15, 0.2) is 57.1 Å². The summed E-state index contributed by atoms with van der Waals surface area (Å²) in [6, 6.07) is 11.5. The molecular weight excluding hydrogens is 436 g/mol. The number of thiazole rings is 1. The second-order valence-corrected chi connectivity index (χ2v) is 8.44. The van der Waals surface area contributed by atoms with E-state index >= 15 is 0 Å². The zero-order valence-electron chi connectivity index (χ0n) is 16.7. The van der Waals surface area contributed by atoms with Gasteiger partial charge in [0.25, 0.3) is 5.91 Å². The molecule has 0 spiro atoms. The molecule has 3 heterocycles. The normalized spacial score (nSPS) is 15.5. The molecule has 1 atom stereocenters. The highest BCUT2D eigenvalue weighted by Crippen LogP contribution is 2.42. The molecule has 0 aliphatic carbocycles. The van der Waals surface area contributed by atoms with E-state index in [1.165, 1.54) is 16.2 Å². The number of rotatable bonds is 4. The molecular formula is C23H17ClN2O4S. The zero-order chi connectivity index (χ0) is 21.7. The number of aryl methyl sites for hydroxylation is 1. The van der Waals surface area contributed by atoms with Gasteiger partial charge in [-0.25, -0.2) is 4.98 Å². The minimum Gasteiger partial charge on any atom is -0.494 e. The Bertz CT molecular complexity index is 1380. The summed E-state index contributed by atoms with van der Waals surface area (Å²) in [5.41, 5.74) is 1.89. The second-order valence-electron chi connectivity index (χ2n) is 7.17.